The van der Waals surface area contributed by atoms with Gasteiger partial charge in [0.15, 0.2) is 6.10 Å². The Morgan fingerprint density at radius 3 is 2.58 bits per heavy atom. The molecule has 1 heterocycles. The Bertz CT molecular complexity index is 774. The van der Waals surface area contributed by atoms with Gasteiger partial charge in [0.1, 0.15) is 17.8 Å². The lowest BCUT2D eigenvalue weighted by molar-refractivity contribution is -0.215. The van der Waals surface area contributed by atoms with Crippen LogP contribution in [0.3, 0.4) is 0 Å². The summed E-state index contributed by atoms with van der Waals surface area (Å²) in [6.07, 6.45) is 3.59. The molecule has 0 aromatic heterocycles. The van der Waals surface area contributed by atoms with E-state index in [2.05, 4.69) is 6.92 Å². The van der Waals surface area contributed by atoms with Crippen molar-refractivity contribution < 1.29 is 39.2 Å². The van der Waals surface area contributed by atoms with Crippen LogP contribution < -0.4 is 0 Å². The molecule has 2 unspecified atom stereocenters. The van der Waals surface area contributed by atoms with Gasteiger partial charge >= 0.3 is 11.9 Å². The fourth-order valence-electron chi connectivity index (χ4n) is 6.32. The smallest absolute Gasteiger partial charge is 0.335 e. The minimum absolute atomic E-state index is 0.197. The van der Waals surface area contributed by atoms with Crippen molar-refractivity contribution in [2.75, 3.05) is 0 Å². The molecule has 2 fully saturated rings. The number of aliphatic hydroxyl groups is 3. The number of hydrogen-bond donors (Lipinski definition) is 3. The van der Waals surface area contributed by atoms with E-state index < -0.39 is 59.2 Å². The predicted octanol–water partition coefficient (Wildman–Crippen LogP) is 2.42. The zero-order valence-corrected chi connectivity index (χ0v) is 19.9. The Morgan fingerprint density at radius 2 is 1.91 bits per heavy atom. The number of carbonyl (C=O) groups is 3. The molecule has 8 nitrogen and oxygen atoms in total. The number of esters is 2. The monoisotopic (exact) mass is 466 g/mol. The van der Waals surface area contributed by atoms with E-state index in [1.165, 1.54) is 0 Å². The van der Waals surface area contributed by atoms with E-state index in [-0.39, 0.29) is 18.4 Å². The summed E-state index contributed by atoms with van der Waals surface area (Å²) < 4.78 is 10.8. The molecule has 33 heavy (non-hydrogen) atoms. The minimum atomic E-state index is -1.60. The summed E-state index contributed by atoms with van der Waals surface area (Å²) in [6.45, 7) is 5.94. The van der Waals surface area contributed by atoms with E-state index in [9.17, 15) is 29.7 Å². The zero-order chi connectivity index (χ0) is 24.4. The Labute approximate surface area is 195 Å². The highest BCUT2D eigenvalue weighted by Gasteiger charge is 2.74. The molecule has 7 atom stereocenters. The van der Waals surface area contributed by atoms with Crippen LogP contribution in [0, 0.1) is 22.7 Å². The van der Waals surface area contributed by atoms with Crippen molar-refractivity contribution in [3.8, 4) is 0 Å². The van der Waals surface area contributed by atoms with Gasteiger partial charge in [0.25, 0.3) is 0 Å². The molecular weight excluding hydrogens is 428 g/mol. The maximum absolute atomic E-state index is 13.2. The van der Waals surface area contributed by atoms with Crippen molar-refractivity contribution in [1.82, 2.24) is 0 Å². The fraction of sp³-hybridized carbons (Fsp3) is 0.800. The molecule has 0 amide bonds. The highest BCUT2D eigenvalue weighted by atomic mass is 16.6. The number of aldehydes is 1. The van der Waals surface area contributed by atoms with Gasteiger partial charge in [0.05, 0.1) is 12.0 Å². The minimum Gasteiger partial charge on any atom is -0.456 e. The molecule has 1 saturated carbocycles. The molecule has 2 aliphatic carbocycles. The third kappa shape index (κ3) is 4.62. The summed E-state index contributed by atoms with van der Waals surface area (Å²) >= 11 is 0. The summed E-state index contributed by atoms with van der Waals surface area (Å²) in [7, 11) is 0. The highest BCUT2D eigenvalue weighted by molar-refractivity contribution is 5.87. The fourth-order valence-corrected chi connectivity index (χ4v) is 6.32. The first-order valence-electron chi connectivity index (χ1n) is 12.2. The van der Waals surface area contributed by atoms with Crippen molar-refractivity contribution in [3.05, 3.63) is 11.6 Å². The van der Waals surface area contributed by atoms with Gasteiger partial charge < -0.3 is 24.8 Å². The number of rotatable bonds is 10. The van der Waals surface area contributed by atoms with Crippen LogP contribution in [0.2, 0.25) is 0 Å². The molecule has 1 aliphatic heterocycles. The number of aliphatic hydroxyl groups excluding tert-OH is 3. The van der Waals surface area contributed by atoms with Gasteiger partial charge in [-0.1, -0.05) is 65.4 Å². The summed E-state index contributed by atoms with van der Waals surface area (Å²) in [5.74, 6) is -3.17. The molecule has 0 aromatic carbocycles. The Kier molecular flexibility index (Phi) is 8.02. The van der Waals surface area contributed by atoms with E-state index in [1.807, 2.05) is 13.8 Å². The second-order valence-corrected chi connectivity index (χ2v) is 10.5. The lowest BCUT2D eigenvalue weighted by Gasteiger charge is -2.57. The van der Waals surface area contributed by atoms with Crippen molar-refractivity contribution in [2.24, 2.45) is 22.7 Å². The second-order valence-electron chi connectivity index (χ2n) is 10.5. The quantitative estimate of drug-likeness (QED) is 0.254. The third-order valence-corrected chi connectivity index (χ3v) is 7.89. The van der Waals surface area contributed by atoms with E-state index in [0.29, 0.717) is 19.1 Å². The van der Waals surface area contributed by atoms with Gasteiger partial charge in [0.2, 0.25) is 6.29 Å². The van der Waals surface area contributed by atoms with E-state index in [1.54, 1.807) is 6.08 Å². The van der Waals surface area contributed by atoms with Crippen LogP contribution in [0.1, 0.15) is 78.6 Å². The van der Waals surface area contributed by atoms with E-state index in [4.69, 9.17) is 9.47 Å². The molecule has 0 bridgehead atoms. The summed E-state index contributed by atoms with van der Waals surface area (Å²) in [6, 6.07) is 0. The summed E-state index contributed by atoms with van der Waals surface area (Å²) in [4.78, 5) is 37.8. The van der Waals surface area contributed by atoms with Crippen LogP contribution in [0.5, 0.6) is 0 Å². The van der Waals surface area contributed by atoms with Crippen LogP contribution in [0.4, 0.5) is 0 Å². The number of allylic oxidation sites excluding steroid dienone is 1. The average Bonchev–Trinajstić information content (AvgIpc) is 3.02. The molecule has 186 valence electrons. The number of carbonyl (C=O) groups excluding carboxylic acids is 3. The lowest BCUT2D eigenvalue weighted by atomic mass is 9.46. The SMILES string of the molecule is CCCCCCCCC(O)C(=O)O[C@H]1[C@@H](O)CC(C)(C)[C@@H]2CC=C(C=O)[C@@H]3[C@@H](O)OC(=O)C312. The van der Waals surface area contributed by atoms with Gasteiger partial charge in [-0.05, 0) is 36.2 Å². The first-order chi connectivity index (χ1) is 15.6. The summed E-state index contributed by atoms with van der Waals surface area (Å²) in [5.41, 5.74) is -1.95. The molecule has 0 aromatic rings. The van der Waals surface area contributed by atoms with Crippen LogP contribution in [-0.4, -0.2) is 58.1 Å². The van der Waals surface area contributed by atoms with Gasteiger partial charge in [-0.2, -0.15) is 0 Å². The van der Waals surface area contributed by atoms with Crippen molar-refractivity contribution in [3.63, 3.8) is 0 Å². The van der Waals surface area contributed by atoms with Crippen molar-refractivity contribution in [1.29, 1.82) is 0 Å². The largest absolute Gasteiger partial charge is 0.456 e. The van der Waals surface area contributed by atoms with Crippen LogP contribution >= 0.6 is 0 Å². The van der Waals surface area contributed by atoms with Gasteiger partial charge in [-0.3, -0.25) is 9.59 Å². The van der Waals surface area contributed by atoms with E-state index in [0.717, 1.165) is 32.1 Å². The second kappa shape index (κ2) is 10.2. The molecule has 3 aliphatic rings. The molecule has 1 spiro atoms. The number of hydrogen-bond acceptors (Lipinski definition) is 8. The molecule has 3 rings (SSSR count). The normalized spacial score (nSPS) is 35.6. The standard InChI is InChI=1S/C25H38O8/c1-4-5-6-7-8-9-10-16(27)21(29)32-20-17(28)13-24(2,3)18-12-11-15(14-26)19-22(30)33-23(31)25(18,19)20/h11,14,16-20,22,27-28,30H,4-10,12-13H2,1-3H3/t16?,17-,18-,19+,20-,22-,25?/m0/s1. The van der Waals surface area contributed by atoms with Crippen LogP contribution in [-0.2, 0) is 23.9 Å². The van der Waals surface area contributed by atoms with Gasteiger partial charge in [-0.15, -0.1) is 0 Å². The Hall–Kier alpha value is -1.77. The molecule has 8 heteroatoms. The van der Waals surface area contributed by atoms with Gasteiger partial charge in [-0.25, -0.2) is 4.79 Å². The average molecular weight is 467 g/mol. The predicted molar refractivity (Wildman–Crippen MR) is 119 cm³/mol. The first-order valence-corrected chi connectivity index (χ1v) is 12.2. The molecular formula is C25H38O8. The number of unbranched alkanes of at least 4 members (excludes halogenated alkanes) is 5. The Morgan fingerprint density at radius 1 is 1.24 bits per heavy atom. The molecule has 3 N–H and O–H groups in total. The zero-order valence-electron chi connectivity index (χ0n) is 19.9. The lowest BCUT2D eigenvalue weighted by Crippen LogP contribution is -2.65. The summed E-state index contributed by atoms with van der Waals surface area (Å²) in [5, 5.41) is 32.0. The Balaban J connectivity index is 1.82. The molecule has 0 radical (unpaired) electrons. The maximum Gasteiger partial charge on any atom is 0.335 e. The third-order valence-electron chi connectivity index (χ3n) is 7.89. The number of cyclic esters (lactones) is 1. The van der Waals surface area contributed by atoms with Crippen LogP contribution in [0.25, 0.3) is 0 Å². The highest BCUT2D eigenvalue weighted by Crippen LogP contribution is 2.64. The number of ether oxygens (including phenoxy) is 2. The van der Waals surface area contributed by atoms with Crippen LogP contribution in [0.15, 0.2) is 11.6 Å². The maximum atomic E-state index is 13.2. The van der Waals surface area contributed by atoms with Crippen molar-refractivity contribution >= 4 is 18.2 Å². The topological polar surface area (TPSA) is 130 Å². The van der Waals surface area contributed by atoms with Crippen molar-refractivity contribution in [2.45, 2.75) is 103 Å². The molecule has 1 saturated heterocycles. The van der Waals surface area contributed by atoms with Gasteiger partial charge in [0, 0.05) is 0 Å². The first kappa shape index (κ1) is 25.8. The van der Waals surface area contributed by atoms with E-state index >= 15 is 0 Å².